The van der Waals surface area contributed by atoms with Crippen molar-refractivity contribution < 1.29 is 4.74 Å². The van der Waals surface area contributed by atoms with Crippen LogP contribution in [0.2, 0.25) is 0 Å². The van der Waals surface area contributed by atoms with Crippen LogP contribution in [-0.2, 0) is 0 Å². The second-order valence-electron chi connectivity index (χ2n) is 5.74. The van der Waals surface area contributed by atoms with Gasteiger partial charge in [0.05, 0.1) is 30.2 Å². The highest BCUT2D eigenvalue weighted by molar-refractivity contribution is 5.69. The third kappa shape index (κ3) is 2.66. The zero-order valence-electron chi connectivity index (χ0n) is 12.7. The topological polar surface area (TPSA) is 37.4 Å². The molecule has 0 saturated heterocycles. The molecule has 4 heteroatoms. The molecule has 0 radical (unpaired) electrons. The van der Waals surface area contributed by atoms with Crippen molar-refractivity contribution in [1.82, 2.24) is 4.98 Å². The third-order valence-corrected chi connectivity index (χ3v) is 3.92. The maximum absolute atomic E-state index is 5.82. The molecule has 0 spiro atoms. The number of pyridine rings is 1. The molecule has 1 aromatic carbocycles. The minimum absolute atomic E-state index is 0.234. The zero-order valence-corrected chi connectivity index (χ0v) is 12.7. The van der Waals surface area contributed by atoms with E-state index in [0.29, 0.717) is 5.92 Å². The molecule has 0 fully saturated rings. The fourth-order valence-electron chi connectivity index (χ4n) is 2.77. The van der Waals surface area contributed by atoms with Crippen molar-refractivity contribution in [1.29, 1.82) is 0 Å². The van der Waals surface area contributed by atoms with Crippen molar-refractivity contribution in [2.45, 2.75) is 13.0 Å². The van der Waals surface area contributed by atoms with Gasteiger partial charge in [0, 0.05) is 31.8 Å². The summed E-state index contributed by atoms with van der Waals surface area (Å²) >= 11 is 0. The normalized spacial score (nSPS) is 20.3. The van der Waals surface area contributed by atoms with E-state index in [1.165, 1.54) is 5.56 Å². The monoisotopic (exact) mass is 283 g/mol. The number of ether oxygens (including phenoxy) is 1. The first-order chi connectivity index (χ1) is 10.2. The SMILES string of the molecule is CC1COc2ccccc2C1Nc1cnccc1N(C)C. The van der Waals surface area contributed by atoms with Crippen LogP contribution in [0, 0.1) is 5.92 Å². The predicted octanol–water partition coefficient (Wildman–Crippen LogP) is 3.33. The molecule has 1 aliphatic rings. The summed E-state index contributed by atoms with van der Waals surface area (Å²) in [4.78, 5) is 6.35. The molecule has 1 N–H and O–H groups in total. The summed E-state index contributed by atoms with van der Waals surface area (Å²) < 4.78 is 5.82. The molecule has 0 bridgehead atoms. The van der Waals surface area contributed by atoms with Crippen LogP contribution < -0.4 is 15.0 Å². The summed E-state index contributed by atoms with van der Waals surface area (Å²) in [6.45, 7) is 2.94. The Hall–Kier alpha value is -2.23. The van der Waals surface area contributed by atoms with E-state index in [2.05, 4.69) is 34.3 Å². The fourth-order valence-corrected chi connectivity index (χ4v) is 2.77. The second-order valence-corrected chi connectivity index (χ2v) is 5.74. The molecular formula is C17H21N3O. The lowest BCUT2D eigenvalue weighted by atomic mass is 9.92. The molecule has 21 heavy (non-hydrogen) atoms. The van der Waals surface area contributed by atoms with Crippen LogP contribution in [0.4, 0.5) is 11.4 Å². The van der Waals surface area contributed by atoms with Crippen molar-refractivity contribution in [2.75, 3.05) is 30.9 Å². The van der Waals surface area contributed by atoms with Gasteiger partial charge in [0.15, 0.2) is 0 Å². The van der Waals surface area contributed by atoms with Gasteiger partial charge >= 0.3 is 0 Å². The van der Waals surface area contributed by atoms with Gasteiger partial charge in [-0.3, -0.25) is 4.98 Å². The second kappa shape index (κ2) is 5.64. The molecule has 2 heterocycles. The Balaban J connectivity index is 1.95. The first-order valence-electron chi connectivity index (χ1n) is 7.26. The Morgan fingerprint density at radius 1 is 1.24 bits per heavy atom. The van der Waals surface area contributed by atoms with E-state index in [0.717, 1.165) is 23.7 Å². The Morgan fingerprint density at radius 2 is 2.05 bits per heavy atom. The summed E-state index contributed by atoms with van der Waals surface area (Å²) in [7, 11) is 4.09. The van der Waals surface area contributed by atoms with Crippen LogP contribution in [0.3, 0.4) is 0 Å². The van der Waals surface area contributed by atoms with E-state index in [4.69, 9.17) is 4.74 Å². The van der Waals surface area contributed by atoms with Gasteiger partial charge in [0.25, 0.3) is 0 Å². The van der Waals surface area contributed by atoms with Gasteiger partial charge in [-0.2, -0.15) is 0 Å². The van der Waals surface area contributed by atoms with E-state index in [1.807, 2.05) is 44.7 Å². The molecule has 4 nitrogen and oxygen atoms in total. The summed E-state index contributed by atoms with van der Waals surface area (Å²) in [6, 6.07) is 10.5. The lowest BCUT2D eigenvalue weighted by molar-refractivity contribution is 0.214. The Morgan fingerprint density at radius 3 is 2.86 bits per heavy atom. The van der Waals surface area contributed by atoms with Crippen molar-refractivity contribution in [2.24, 2.45) is 5.92 Å². The fraction of sp³-hybridized carbons (Fsp3) is 0.353. The van der Waals surface area contributed by atoms with Crippen LogP contribution >= 0.6 is 0 Å². The van der Waals surface area contributed by atoms with Gasteiger partial charge < -0.3 is 15.0 Å². The minimum atomic E-state index is 0.234. The third-order valence-electron chi connectivity index (χ3n) is 3.92. The van der Waals surface area contributed by atoms with Gasteiger partial charge in [-0.25, -0.2) is 0 Å². The number of fused-ring (bicyclic) bond motifs is 1. The summed E-state index contributed by atoms with van der Waals surface area (Å²) in [5, 5.41) is 3.65. The predicted molar refractivity (Wildman–Crippen MR) is 86.0 cm³/mol. The number of nitrogens with zero attached hydrogens (tertiary/aromatic N) is 2. The maximum atomic E-state index is 5.82. The van der Waals surface area contributed by atoms with Crippen molar-refractivity contribution in [3.63, 3.8) is 0 Å². The van der Waals surface area contributed by atoms with Crippen LogP contribution in [-0.4, -0.2) is 25.7 Å². The van der Waals surface area contributed by atoms with E-state index >= 15 is 0 Å². The van der Waals surface area contributed by atoms with Crippen molar-refractivity contribution in [3.05, 3.63) is 48.3 Å². The summed E-state index contributed by atoms with van der Waals surface area (Å²) in [5.74, 6) is 1.37. The number of benzene rings is 1. The molecule has 110 valence electrons. The minimum Gasteiger partial charge on any atom is -0.493 e. The molecule has 1 aliphatic heterocycles. The highest BCUT2D eigenvalue weighted by Gasteiger charge is 2.28. The van der Waals surface area contributed by atoms with Crippen LogP contribution in [0.25, 0.3) is 0 Å². The number of aromatic nitrogens is 1. The maximum Gasteiger partial charge on any atom is 0.124 e. The number of anilines is 2. The molecule has 0 saturated carbocycles. The summed E-state index contributed by atoms with van der Waals surface area (Å²) in [5.41, 5.74) is 3.40. The quantitative estimate of drug-likeness (QED) is 0.937. The van der Waals surface area contributed by atoms with Crippen molar-refractivity contribution in [3.8, 4) is 5.75 Å². The molecule has 0 aliphatic carbocycles. The molecule has 1 aromatic heterocycles. The largest absolute Gasteiger partial charge is 0.493 e. The highest BCUT2D eigenvalue weighted by atomic mass is 16.5. The van der Waals surface area contributed by atoms with Gasteiger partial charge in [-0.05, 0) is 12.1 Å². The lowest BCUT2D eigenvalue weighted by Crippen LogP contribution is -2.29. The first-order valence-corrected chi connectivity index (χ1v) is 7.26. The molecular weight excluding hydrogens is 262 g/mol. The van der Waals surface area contributed by atoms with Crippen LogP contribution in [0.5, 0.6) is 5.75 Å². The number of rotatable bonds is 3. The standard InChI is InChI=1S/C17H21N3O/c1-12-11-21-16-7-5-4-6-13(16)17(12)19-14-10-18-9-8-15(14)20(2)3/h4-10,12,17,19H,11H2,1-3H3. The Bertz CT molecular complexity index is 627. The smallest absolute Gasteiger partial charge is 0.124 e. The van der Waals surface area contributed by atoms with Gasteiger partial charge in [0.1, 0.15) is 5.75 Å². The Kier molecular flexibility index (Phi) is 3.69. The van der Waals surface area contributed by atoms with Crippen LogP contribution in [0.15, 0.2) is 42.7 Å². The van der Waals surface area contributed by atoms with E-state index in [9.17, 15) is 0 Å². The van der Waals surface area contributed by atoms with Gasteiger partial charge in [-0.1, -0.05) is 25.1 Å². The number of para-hydroxylation sites is 1. The highest BCUT2D eigenvalue weighted by Crippen LogP contribution is 2.38. The average molecular weight is 283 g/mol. The lowest BCUT2D eigenvalue weighted by Gasteiger charge is -2.33. The molecule has 2 unspecified atom stereocenters. The van der Waals surface area contributed by atoms with E-state index in [-0.39, 0.29) is 6.04 Å². The molecule has 2 aromatic rings. The van der Waals surface area contributed by atoms with Gasteiger partial charge in [0.2, 0.25) is 0 Å². The molecule has 3 rings (SSSR count). The average Bonchev–Trinajstić information content (AvgIpc) is 2.50. The van der Waals surface area contributed by atoms with Crippen LogP contribution in [0.1, 0.15) is 18.5 Å². The van der Waals surface area contributed by atoms with E-state index < -0.39 is 0 Å². The van der Waals surface area contributed by atoms with E-state index in [1.54, 1.807) is 0 Å². The van der Waals surface area contributed by atoms with Gasteiger partial charge in [-0.15, -0.1) is 0 Å². The number of hydrogen-bond donors (Lipinski definition) is 1. The Labute approximate surface area is 125 Å². The zero-order chi connectivity index (χ0) is 14.8. The number of hydrogen-bond acceptors (Lipinski definition) is 4. The molecule has 2 atom stereocenters. The molecule has 0 amide bonds. The first kappa shape index (κ1) is 13.7. The summed E-state index contributed by atoms with van der Waals surface area (Å²) in [6.07, 6.45) is 3.71. The number of nitrogens with one attached hydrogen (secondary N) is 1. The van der Waals surface area contributed by atoms with Crippen molar-refractivity contribution >= 4 is 11.4 Å².